The van der Waals surface area contributed by atoms with Gasteiger partial charge < -0.3 is 15.2 Å². The number of pyridine rings is 1. The number of para-hydroxylation sites is 1. The lowest BCUT2D eigenvalue weighted by molar-refractivity contribution is 0.0601. The zero-order valence-electron chi connectivity index (χ0n) is 15.5. The van der Waals surface area contributed by atoms with Gasteiger partial charge in [-0.25, -0.2) is 9.78 Å². The van der Waals surface area contributed by atoms with Crippen LogP contribution in [0.2, 0.25) is 0 Å². The van der Waals surface area contributed by atoms with Crippen molar-refractivity contribution in [2.24, 2.45) is 0 Å². The van der Waals surface area contributed by atoms with E-state index in [1.165, 1.54) is 7.11 Å². The molecule has 0 unspecified atom stereocenters. The van der Waals surface area contributed by atoms with E-state index in [0.29, 0.717) is 28.3 Å². The Bertz CT molecular complexity index is 1180. The van der Waals surface area contributed by atoms with Crippen LogP contribution in [0.3, 0.4) is 0 Å². The van der Waals surface area contributed by atoms with Crippen molar-refractivity contribution in [1.82, 2.24) is 9.38 Å². The smallest absolute Gasteiger partial charge is 0.337 e. The summed E-state index contributed by atoms with van der Waals surface area (Å²) >= 11 is 0. The van der Waals surface area contributed by atoms with E-state index >= 15 is 0 Å². The van der Waals surface area contributed by atoms with Gasteiger partial charge in [0.2, 0.25) is 0 Å². The van der Waals surface area contributed by atoms with Gasteiger partial charge in [0.1, 0.15) is 22.9 Å². The monoisotopic (exact) mass is 373 g/mol. The number of imidazole rings is 1. The SMILES string of the molecule is COC(=O)c1cccc(Nc2c(-c3ccccc3O)nc3cc(C)ccn23)c1. The molecule has 2 heterocycles. The van der Waals surface area contributed by atoms with Gasteiger partial charge in [-0.05, 0) is 55.0 Å². The average Bonchev–Trinajstić information content (AvgIpc) is 3.05. The number of benzene rings is 2. The highest BCUT2D eigenvalue weighted by Gasteiger charge is 2.17. The molecule has 0 aliphatic carbocycles. The molecule has 2 aromatic carbocycles. The minimum atomic E-state index is -0.404. The molecule has 6 nitrogen and oxygen atoms in total. The number of phenols is 1. The van der Waals surface area contributed by atoms with Crippen LogP contribution in [0.1, 0.15) is 15.9 Å². The average molecular weight is 373 g/mol. The van der Waals surface area contributed by atoms with Crippen LogP contribution in [-0.4, -0.2) is 27.6 Å². The molecule has 0 radical (unpaired) electrons. The van der Waals surface area contributed by atoms with Crippen LogP contribution in [0, 0.1) is 6.92 Å². The van der Waals surface area contributed by atoms with Crippen molar-refractivity contribution in [3.63, 3.8) is 0 Å². The van der Waals surface area contributed by atoms with Crippen LogP contribution in [0.4, 0.5) is 11.5 Å². The number of carbonyl (C=O) groups excluding carboxylic acids is 1. The predicted octanol–water partition coefficient (Wildman–Crippen LogP) is 4.55. The molecule has 2 aromatic heterocycles. The van der Waals surface area contributed by atoms with Crippen LogP contribution in [0.25, 0.3) is 16.9 Å². The van der Waals surface area contributed by atoms with Gasteiger partial charge in [-0.3, -0.25) is 4.40 Å². The lowest BCUT2D eigenvalue weighted by atomic mass is 10.1. The van der Waals surface area contributed by atoms with Crippen molar-refractivity contribution in [3.05, 3.63) is 78.0 Å². The topological polar surface area (TPSA) is 75.9 Å². The molecule has 0 saturated carbocycles. The molecule has 0 aliphatic rings. The molecule has 6 heteroatoms. The quantitative estimate of drug-likeness (QED) is 0.514. The fourth-order valence-corrected chi connectivity index (χ4v) is 3.11. The molecule has 0 amide bonds. The number of hydrogen-bond acceptors (Lipinski definition) is 5. The summed E-state index contributed by atoms with van der Waals surface area (Å²) in [6, 6.07) is 18.1. The van der Waals surface area contributed by atoms with Crippen LogP contribution in [-0.2, 0) is 4.74 Å². The number of methoxy groups -OCH3 is 1. The maximum Gasteiger partial charge on any atom is 0.337 e. The molecule has 0 fully saturated rings. The van der Waals surface area contributed by atoms with Gasteiger partial charge in [-0.15, -0.1) is 0 Å². The maximum atomic E-state index is 11.9. The van der Waals surface area contributed by atoms with E-state index in [1.807, 2.05) is 47.9 Å². The van der Waals surface area contributed by atoms with Gasteiger partial charge in [0.05, 0.1) is 12.7 Å². The van der Waals surface area contributed by atoms with E-state index in [2.05, 4.69) is 5.32 Å². The number of ether oxygens (including phenoxy) is 1. The first-order valence-corrected chi connectivity index (χ1v) is 8.79. The van der Waals surface area contributed by atoms with Crippen molar-refractivity contribution in [2.75, 3.05) is 12.4 Å². The molecule has 0 aliphatic heterocycles. The molecule has 28 heavy (non-hydrogen) atoms. The van der Waals surface area contributed by atoms with Crippen LogP contribution < -0.4 is 5.32 Å². The van der Waals surface area contributed by atoms with Gasteiger partial charge in [-0.2, -0.15) is 0 Å². The summed E-state index contributed by atoms with van der Waals surface area (Å²) < 4.78 is 6.72. The number of aromatic nitrogens is 2. The molecule has 0 bridgehead atoms. The second kappa shape index (κ2) is 7.08. The van der Waals surface area contributed by atoms with Crippen molar-refractivity contribution in [1.29, 1.82) is 0 Å². The number of nitrogens with one attached hydrogen (secondary N) is 1. The number of fused-ring (bicyclic) bond motifs is 1. The summed E-state index contributed by atoms with van der Waals surface area (Å²) in [5, 5.41) is 13.7. The Morgan fingerprint density at radius 3 is 2.71 bits per heavy atom. The number of esters is 1. The van der Waals surface area contributed by atoms with Crippen molar-refractivity contribution >= 4 is 23.1 Å². The minimum Gasteiger partial charge on any atom is -0.507 e. The molecule has 0 spiro atoms. The Labute approximate surface area is 162 Å². The second-order valence-electron chi connectivity index (χ2n) is 6.46. The number of aryl methyl sites for hydroxylation is 1. The second-order valence-corrected chi connectivity index (χ2v) is 6.46. The molecule has 140 valence electrons. The molecule has 4 aromatic rings. The van der Waals surface area contributed by atoms with Gasteiger partial charge in [0, 0.05) is 17.4 Å². The fourth-order valence-electron chi connectivity index (χ4n) is 3.11. The summed E-state index contributed by atoms with van der Waals surface area (Å²) in [4.78, 5) is 16.6. The first-order chi connectivity index (χ1) is 13.6. The Kier molecular flexibility index (Phi) is 4.45. The van der Waals surface area contributed by atoms with Crippen LogP contribution in [0.5, 0.6) is 5.75 Å². The summed E-state index contributed by atoms with van der Waals surface area (Å²) in [6.07, 6.45) is 1.92. The van der Waals surface area contributed by atoms with Crippen molar-refractivity contribution in [2.45, 2.75) is 6.92 Å². The Morgan fingerprint density at radius 2 is 1.93 bits per heavy atom. The molecular weight excluding hydrogens is 354 g/mol. The first-order valence-electron chi connectivity index (χ1n) is 8.79. The van der Waals surface area contributed by atoms with Gasteiger partial charge in [0.15, 0.2) is 0 Å². The summed E-state index contributed by atoms with van der Waals surface area (Å²) in [7, 11) is 1.35. The third-order valence-corrected chi connectivity index (χ3v) is 4.49. The third kappa shape index (κ3) is 3.16. The van der Waals surface area contributed by atoms with Gasteiger partial charge >= 0.3 is 5.97 Å². The number of hydrogen-bond donors (Lipinski definition) is 2. The number of anilines is 2. The Balaban J connectivity index is 1.87. The largest absolute Gasteiger partial charge is 0.507 e. The van der Waals surface area contributed by atoms with E-state index < -0.39 is 5.97 Å². The molecule has 2 N–H and O–H groups in total. The normalized spacial score (nSPS) is 10.8. The van der Waals surface area contributed by atoms with Crippen molar-refractivity contribution in [3.8, 4) is 17.0 Å². The molecule has 0 atom stereocenters. The van der Waals surface area contributed by atoms with Gasteiger partial charge in [0.25, 0.3) is 0 Å². The summed E-state index contributed by atoms with van der Waals surface area (Å²) in [5.41, 5.74) is 4.23. The number of aromatic hydroxyl groups is 1. The zero-order chi connectivity index (χ0) is 19.7. The minimum absolute atomic E-state index is 0.147. The Morgan fingerprint density at radius 1 is 1.11 bits per heavy atom. The van der Waals surface area contributed by atoms with Crippen LogP contribution in [0.15, 0.2) is 66.9 Å². The fraction of sp³-hybridized carbons (Fsp3) is 0.0909. The lowest BCUT2D eigenvalue weighted by Gasteiger charge is -2.11. The molecule has 0 saturated heterocycles. The molecule has 4 rings (SSSR count). The van der Waals surface area contributed by atoms with E-state index in [4.69, 9.17) is 9.72 Å². The van der Waals surface area contributed by atoms with E-state index in [1.54, 1.807) is 30.3 Å². The summed E-state index contributed by atoms with van der Waals surface area (Å²) in [5.74, 6) is 0.436. The van der Waals surface area contributed by atoms with E-state index in [0.717, 1.165) is 11.2 Å². The Hall–Kier alpha value is -3.80. The van der Waals surface area contributed by atoms with Crippen LogP contribution >= 0.6 is 0 Å². The number of nitrogens with zero attached hydrogens (tertiary/aromatic N) is 2. The van der Waals surface area contributed by atoms with Gasteiger partial charge in [-0.1, -0.05) is 18.2 Å². The number of rotatable bonds is 4. The highest BCUT2D eigenvalue weighted by atomic mass is 16.5. The number of phenolic OH excluding ortho intramolecular Hbond substituents is 1. The van der Waals surface area contributed by atoms with Crippen molar-refractivity contribution < 1.29 is 14.6 Å². The first kappa shape index (κ1) is 17.6. The molecular formula is C22H19N3O3. The zero-order valence-corrected chi connectivity index (χ0v) is 15.5. The maximum absolute atomic E-state index is 11.9. The third-order valence-electron chi connectivity index (χ3n) is 4.49. The van der Waals surface area contributed by atoms with E-state index in [-0.39, 0.29) is 5.75 Å². The summed E-state index contributed by atoms with van der Waals surface area (Å²) in [6.45, 7) is 2.00. The number of carbonyl (C=O) groups is 1. The highest BCUT2D eigenvalue weighted by Crippen LogP contribution is 2.36. The predicted molar refractivity (Wildman–Crippen MR) is 108 cm³/mol. The highest BCUT2D eigenvalue weighted by molar-refractivity contribution is 5.91. The lowest BCUT2D eigenvalue weighted by Crippen LogP contribution is -2.03. The standard InChI is InChI=1S/C22H19N3O3/c1-14-10-11-25-19(12-14)24-20(17-8-3-4-9-18(17)26)21(25)23-16-7-5-6-15(13-16)22(27)28-2/h3-13,23,26H,1-2H3. The van der Waals surface area contributed by atoms with E-state index in [9.17, 15) is 9.90 Å².